The minimum Gasteiger partial charge on any atom is -0.507 e. The van der Waals surface area contributed by atoms with Crippen molar-refractivity contribution in [2.45, 2.75) is 59.9 Å². The predicted molar refractivity (Wildman–Crippen MR) is 227 cm³/mol. The van der Waals surface area contributed by atoms with Gasteiger partial charge in [0.2, 0.25) is 23.4 Å². The number of ketones is 2. The van der Waals surface area contributed by atoms with Gasteiger partial charge in [-0.05, 0) is 61.2 Å². The third kappa shape index (κ3) is 13.7. The molecule has 1 aliphatic heterocycles. The zero-order valence-electron chi connectivity index (χ0n) is 33.6. The summed E-state index contributed by atoms with van der Waals surface area (Å²) in [6.45, 7) is 8.41. The number of hydrogen-bond donors (Lipinski definition) is 4. The molecule has 0 saturated heterocycles. The number of benzene rings is 4. The van der Waals surface area contributed by atoms with Gasteiger partial charge in [0.25, 0.3) is 5.91 Å². The average molecular weight is 797 g/mol. The second-order valence-corrected chi connectivity index (χ2v) is 13.4. The number of carbonyl (C=O) groups excluding carboxylic acids is 5. The summed E-state index contributed by atoms with van der Waals surface area (Å²) in [5, 5.41) is 37.4. The minimum atomic E-state index is -0.630. The van der Waals surface area contributed by atoms with E-state index >= 15 is 0 Å². The fourth-order valence-electron chi connectivity index (χ4n) is 5.64. The lowest BCUT2D eigenvalue weighted by Crippen LogP contribution is -2.31. The van der Waals surface area contributed by atoms with Gasteiger partial charge in [0, 0.05) is 50.4 Å². The Balaban J connectivity index is 0.000000202. The van der Waals surface area contributed by atoms with Crippen molar-refractivity contribution in [1.29, 1.82) is 5.41 Å². The van der Waals surface area contributed by atoms with Gasteiger partial charge in [-0.25, -0.2) is 0 Å². The largest absolute Gasteiger partial charge is 0.507 e. The number of para-hydroxylation sites is 1. The molecule has 304 valence electrons. The van der Waals surface area contributed by atoms with Gasteiger partial charge < -0.3 is 26.0 Å². The van der Waals surface area contributed by atoms with Crippen molar-refractivity contribution >= 4 is 53.3 Å². The number of aromatic hydroxyl groups is 1. The van der Waals surface area contributed by atoms with Gasteiger partial charge in [-0.3, -0.25) is 24.0 Å². The number of nitrogens with one attached hydrogen (secondary N) is 3. The third-order valence-electron chi connectivity index (χ3n) is 8.92. The summed E-state index contributed by atoms with van der Waals surface area (Å²) < 4.78 is 0. The second kappa shape index (κ2) is 22.5. The van der Waals surface area contributed by atoms with E-state index < -0.39 is 5.78 Å². The molecule has 2 heterocycles. The fourth-order valence-corrected chi connectivity index (χ4v) is 5.64. The molecule has 5 aromatic rings. The molecule has 14 heteroatoms. The summed E-state index contributed by atoms with van der Waals surface area (Å²) in [5.41, 5.74) is 6.49. The van der Waals surface area contributed by atoms with Crippen LogP contribution in [-0.4, -0.2) is 74.1 Å². The van der Waals surface area contributed by atoms with Gasteiger partial charge in [-0.2, -0.15) is 0 Å². The van der Waals surface area contributed by atoms with Crippen molar-refractivity contribution < 1.29 is 29.1 Å². The molecule has 1 aromatic heterocycles. The van der Waals surface area contributed by atoms with Crippen molar-refractivity contribution in [3.05, 3.63) is 130 Å². The Hall–Kier alpha value is -7.22. The van der Waals surface area contributed by atoms with E-state index in [9.17, 15) is 29.1 Å². The van der Waals surface area contributed by atoms with Crippen LogP contribution in [0.5, 0.6) is 5.75 Å². The molecule has 0 fully saturated rings. The summed E-state index contributed by atoms with van der Waals surface area (Å²) in [6.07, 6.45) is 6.37. The first kappa shape index (κ1) is 44.5. The van der Waals surface area contributed by atoms with Crippen LogP contribution in [0.15, 0.2) is 91.0 Å². The summed E-state index contributed by atoms with van der Waals surface area (Å²) in [7, 11) is 0. The first-order valence-electron chi connectivity index (χ1n) is 19.1. The van der Waals surface area contributed by atoms with Crippen LogP contribution in [0.25, 0.3) is 23.5 Å². The summed E-state index contributed by atoms with van der Waals surface area (Å²) in [6, 6.07) is 27.8. The van der Waals surface area contributed by atoms with Crippen LogP contribution in [0.3, 0.4) is 0 Å². The maximum absolute atomic E-state index is 12.8. The lowest BCUT2D eigenvalue weighted by atomic mass is 10.0. The quantitative estimate of drug-likeness (QED) is 0.0613. The number of nitrogens with zero attached hydrogens (tertiary/aromatic N) is 5. The number of aromatic nitrogens is 4. The van der Waals surface area contributed by atoms with Gasteiger partial charge in [0.1, 0.15) is 11.5 Å². The highest BCUT2D eigenvalue weighted by Gasteiger charge is 2.21. The number of aryl methyl sites for hydroxylation is 2. The van der Waals surface area contributed by atoms with Crippen LogP contribution >= 0.6 is 0 Å². The molecule has 59 heavy (non-hydrogen) atoms. The molecule has 0 bridgehead atoms. The zero-order chi connectivity index (χ0) is 42.7. The monoisotopic (exact) mass is 796 g/mol. The highest BCUT2D eigenvalue weighted by Crippen LogP contribution is 2.29. The normalized spacial score (nSPS) is 11.6. The van der Waals surface area contributed by atoms with Crippen LogP contribution in [0, 0.1) is 19.3 Å². The van der Waals surface area contributed by atoms with Crippen molar-refractivity contribution in [2.24, 2.45) is 0 Å². The van der Waals surface area contributed by atoms with E-state index in [2.05, 4.69) is 43.2 Å². The van der Waals surface area contributed by atoms with E-state index in [-0.39, 0.29) is 46.8 Å². The maximum Gasteiger partial charge on any atom is 0.251 e. The topological polar surface area (TPSA) is 208 Å². The van der Waals surface area contributed by atoms with E-state index in [1.807, 2.05) is 86.7 Å². The van der Waals surface area contributed by atoms with Crippen LogP contribution in [0.4, 0.5) is 5.69 Å². The molecular weight excluding hydrogens is 749 g/mol. The Morgan fingerprint density at radius 2 is 1.44 bits per heavy atom. The molecule has 4 aromatic carbocycles. The van der Waals surface area contributed by atoms with E-state index in [1.54, 1.807) is 11.8 Å². The third-order valence-corrected chi connectivity index (χ3v) is 8.92. The molecule has 0 aliphatic carbocycles. The van der Waals surface area contributed by atoms with Crippen LogP contribution in [0.2, 0.25) is 0 Å². The zero-order valence-corrected chi connectivity index (χ0v) is 33.6. The van der Waals surface area contributed by atoms with Gasteiger partial charge >= 0.3 is 0 Å². The number of rotatable bonds is 12. The molecule has 4 N–H and O–H groups in total. The smallest absolute Gasteiger partial charge is 0.251 e. The van der Waals surface area contributed by atoms with Gasteiger partial charge in [-0.15, -0.1) is 20.4 Å². The van der Waals surface area contributed by atoms with Crippen LogP contribution < -0.4 is 15.5 Å². The lowest BCUT2D eigenvalue weighted by Gasteiger charge is -2.27. The molecular formula is C45H48N8O6. The average Bonchev–Trinajstić information content (AvgIpc) is 3.24. The summed E-state index contributed by atoms with van der Waals surface area (Å²) in [4.78, 5) is 59.9. The Kier molecular flexibility index (Phi) is 17.0. The Morgan fingerprint density at radius 1 is 0.797 bits per heavy atom. The van der Waals surface area contributed by atoms with Gasteiger partial charge in [-0.1, -0.05) is 91.4 Å². The fraction of sp³-hybridized carbons (Fsp3) is 0.244. The Morgan fingerprint density at radius 3 is 2.10 bits per heavy atom. The number of anilines is 1. The number of phenols is 1. The number of carbonyl (C=O) groups is 5. The van der Waals surface area contributed by atoms with E-state index in [1.165, 1.54) is 30.7 Å². The van der Waals surface area contributed by atoms with Gasteiger partial charge in [0.15, 0.2) is 5.82 Å². The lowest BCUT2D eigenvalue weighted by molar-refractivity contribution is -0.123. The molecule has 0 spiro atoms. The number of hydrogen-bond acceptors (Lipinski definition) is 11. The minimum absolute atomic E-state index is 0.00523. The summed E-state index contributed by atoms with van der Waals surface area (Å²) in [5.74, 6) is -0.210. The Bertz CT molecular complexity index is 2250. The van der Waals surface area contributed by atoms with E-state index in [0.717, 1.165) is 27.9 Å². The van der Waals surface area contributed by atoms with Crippen LogP contribution in [-0.2, 0) is 20.9 Å². The number of Topliss-reactive ketones (excluding diaryl/α,β-unsaturated/α-hetero) is 2. The summed E-state index contributed by atoms with van der Waals surface area (Å²) >= 11 is 0. The standard InChI is InChI=1S/C21H21NO2.C14H17N3O4.C10H10N4/c1-2-19(23)13-14-21(24)22-15-18-9-4-3-7-16(18)11-12-17-8-5-6-10-20(17)22;1-9(18)16-5-2-6-17-14(21)10-3-4-11(12(19)7-10)13(20)8-15;1-7-3-5-9(6-4-7)10-13-11-8(2)12-14-10/h3-12H,2,13-15H2,1H3;3-4,7-8,15,19H,2,5-6H2,1H3,(H,16,18)(H,17,21);3-6H,1-2H3/b12-11-;;. The molecule has 14 nitrogen and oxygen atoms in total. The molecule has 1 aliphatic rings. The van der Waals surface area contributed by atoms with Crippen molar-refractivity contribution in [1.82, 2.24) is 31.0 Å². The predicted octanol–water partition coefficient (Wildman–Crippen LogP) is 6.49. The number of fused-ring (bicyclic) bond motifs is 2. The molecule has 0 radical (unpaired) electrons. The van der Waals surface area contributed by atoms with Crippen molar-refractivity contribution in [2.75, 3.05) is 18.0 Å². The first-order valence-corrected chi connectivity index (χ1v) is 19.1. The second-order valence-electron chi connectivity index (χ2n) is 13.4. The van der Waals surface area contributed by atoms with Crippen molar-refractivity contribution in [3.63, 3.8) is 0 Å². The van der Waals surface area contributed by atoms with E-state index in [4.69, 9.17) is 5.41 Å². The maximum atomic E-state index is 12.8. The van der Waals surface area contributed by atoms with Crippen molar-refractivity contribution in [3.8, 4) is 17.1 Å². The molecule has 0 atom stereocenters. The molecule has 3 amide bonds. The molecule has 0 saturated carbocycles. The number of phenolic OH excluding ortho intramolecular Hbond substituents is 1. The van der Waals surface area contributed by atoms with Crippen LogP contribution in [0.1, 0.15) is 88.3 Å². The van der Waals surface area contributed by atoms with Gasteiger partial charge in [0.05, 0.1) is 24.0 Å². The molecule has 6 rings (SSSR count). The SMILES string of the molecule is CC(=O)NCCCNC(=O)c1ccc(C(=O)C=N)c(O)c1.CCC(=O)CCC(=O)N1Cc2ccccc2/C=C\c2ccccc21.Cc1ccc(-c2nnc(C)nn2)cc1. The first-order chi connectivity index (χ1) is 28.4. The highest BCUT2D eigenvalue weighted by molar-refractivity contribution is 6.35. The number of amides is 3. The highest BCUT2D eigenvalue weighted by atomic mass is 16.3. The van der Waals surface area contributed by atoms with E-state index in [0.29, 0.717) is 56.8 Å². The molecule has 0 unspecified atom stereocenters. The Labute approximate surface area is 343 Å².